The van der Waals surface area contributed by atoms with Crippen LogP contribution in [-0.4, -0.2) is 48.3 Å². The van der Waals surface area contributed by atoms with E-state index in [4.69, 9.17) is 9.84 Å². The predicted octanol–water partition coefficient (Wildman–Crippen LogP) is -0.267. The van der Waals surface area contributed by atoms with E-state index < -0.39 is 12.1 Å². The van der Waals surface area contributed by atoms with Gasteiger partial charge in [0.15, 0.2) is 6.10 Å². The van der Waals surface area contributed by atoms with E-state index in [-0.39, 0.29) is 24.0 Å². The molecule has 0 radical (unpaired) electrons. The van der Waals surface area contributed by atoms with E-state index in [1.54, 1.807) is 0 Å². The first kappa shape index (κ1) is 13.3. The summed E-state index contributed by atoms with van der Waals surface area (Å²) in [5.74, 6) is -0.867. The molecule has 6 heteroatoms. The molecule has 1 amide bonds. The number of carboxylic acids is 1. The first-order valence-corrected chi connectivity index (χ1v) is 6.47. The highest BCUT2D eigenvalue weighted by Crippen LogP contribution is 2.20. The topological polar surface area (TPSA) is 87.7 Å². The van der Waals surface area contributed by atoms with Crippen molar-refractivity contribution in [3.8, 4) is 0 Å². The SMILES string of the molecule is CC1NCCC1C(=O)NCC1CCC(C(=O)O)O1. The van der Waals surface area contributed by atoms with Gasteiger partial charge in [-0.25, -0.2) is 4.79 Å². The summed E-state index contributed by atoms with van der Waals surface area (Å²) in [7, 11) is 0. The second kappa shape index (κ2) is 5.67. The zero-order chi connectivity index (χ0) is 13.1. The summed E-state index contributed by atoms with van der Waals surface area (Å²) in [6, 6.07) is 0.210. The lowest BCUT2D eigenvalue weighted by atomic mass is 10.0. The number of ether oxygens (including phenoxy) is 1. The fourth-order valence-electron chi connectivity index (χ4n) is 2.60. The van der Waals surface area contributed by atoms with E-state index >= 15 is 0 Å². The minimum atomic E-state index is -0.919. The fourth-order valence-corrected chi connectivity index (χ4v) is 2.60. The molecule has 4 atom stereocenters. The van der Waals surface area contributed by atoms with Crippen LogP contribution in [0.25, 0.3) is 0 Å². The smallest absolute Gasteiger partial charge is 0.332 e. The molecule has 2 saturated heterocycles. The highest BCUT2D eigenvalue weighted by molar-refractivity contribution is 5.79. The van der Waals surface area contributed by atoms with Crippen LogP contribution in [0.3, 0.4) is 0 Å². The van der Waals surface area contributed by atoms with E-state index in [9.17, 15) is 9.59 Å². The number of carbonyl (C=O) groups excluding carboxylic acids is 1. The van der Waals surface area contributed by atoms with Crippen molar-refractivity contribution < 1.29 is 19.4 Å². The molecule has 102 valence electrons. The second-order valence-electron chi connectivity index (χ2n) is 5.05. The van der Waals surface area contributed by atoms with Gasteiger partial charge in [-0.05, 0) is 32.7 Å². The summed E-state index contributed by atoms with van der Waals surface area (Å²) >= 11 is 0. The summed E-state index contributed by atoms with van der Waals surface area (Å²) in [5, 5.41) is 14.9. The molecule has 0 saturated carbocycles. The summed E-state index contributed by atoms with van der Waals surface area (Å²) < 4.78 is 5.33. The van der Waals surface area contributed by atoms with Crippen LogP contribution in [-0.2, 0) is 14.3 Å². The number of carboxylic acid groups (broad SMARTS) is 1. The quantitative estimate of drug-likeness (QED) is 0.644. The molecular formula is C12H20N2O4. The monoisotopic (exact) mass is 256 g/mol. The van der Waals surface area contributed by atoms with Gasteiger partial charge in [-0.2, -0.15) is 0 Å². The van der Waals surface area contributed by atoms with Gasteiger partial charge < -0.3 is 20.5 Å². The maximum atomic E-state index is 11.9. The summed E-state index contributed by atoms with van der Waals surface area (Å²) in [6.45, 7) is 3.29. The number of aliphatic carboxylic acids is 1. The lowest BCUT2D eigenvalue weighted by Crippen LogP contribution is -2.40. The molecule has 2 aliphatic heterocycles. The molecule has 3 N–H and O–H groups in total. The van der Waals surface area contributed by atoms with Crippen molar-refractivity contribution in [1.29, 1.82) is 0 Å². The van der Waals surface area contributed by atoms with Crippen LogP contribution in [0.1, 0.15) is 26.2 Å². The molecule has 2 aliphatic rings. The highest BCUT2D eigenvalue weighted by Gasteiger charge is 2.32. The molecule has 0 aromatic carbocycles. The summed E-state index contributed by atoms with van der Waals surface area (Å²) in [4.78, 5) is 22.6. The molecule has 6 nitrogen and oxygen atoms in total. The molecule has 0 aromatic rings. The van der Waals surface area contributed by atoms with E-state index in [1.165, 1.54) is 0 Å². The van der Waals surface area contributed by atoms with E-state index in [2.05, 4.69) is 10.6 Å². The third-order valence-electron chi connectivity index (χ3n) is 3.75. The molecule has 0 bridgehead atoms. The van der Waals surface area contributed by atoms with Crippen LogP contribution in [0.2, 0.25) is 0 Å². The zero-order valence-corrected chi connectivity index (χ0v) is 10.5. The Labute approximate surface area is 106 Å². The minimum absolute atomic E-state index is 0.0154. The van der Waals surface area contributed by atoms with Crippen molar-refractivity contribution in [2.75, 3.05) is 13.1 Å². The maximum absolute atomic E-state index is 11.9. The van der Waals surface area contributed by atoms with E-state index in [1.807, 2.05) is 6.92 Å². The summed E-state index contributed by atoms with van der Waals surface area (Å²) in [5.41, 5.74) is 0. The van der Waals surface area contributed by atoms with Crippen LogP contribution in [0.15, 0.2) is 0 Å². The van der Waals surface area contributed by atoms with E-state index in [0.717, 1.165) is 13.0 Å². The standard InChI is InChI=1S/C12H20N2O4/c1-7-9(4-5-13-7)11(15)14-6-8-2-3-10(18-8)12(16)17/h7-10,13H,2-6H2,1H3,(H,14,15)(H,16,17). The van der Waals surface area contributed by atoms with E-state index in [0.29, 0.717) is 19.4 Å². The van der Waals surface area contributed by atoms with Crippen molar-refractivity contribution in [3.05, 3.63) is 0 Å². The fraction of sp³-hybridized carbons (Fsp3) is 0.833. The highest BCUT2D eigenvalue weighted by atomic mass is 16.5. The Morgan fingerprint density at radius 2 is 2.17 bits per heavy atom. The van der Waals surface area contributed by atoms with Gasteiger partial charge in [-0.1, -0.05) is 0 Å². The minimum Gasteiger partial charge on any atom is -0.479 e. The molecule has 0 aliphatic carbocycles. The third-order valence-corrected chi connectivity index (χ3v) is 3.75. The van der Waals surface area contributed by atoms with Crippen molar-refractivity contribution in [1.82, 2.24) is 10.6 Å². The van der Waals surface area contributed by atoms with Gasteiger partial charge in [0.1, 0.15) is 0 Å². The number of carbonyl (C=O) groups is 2. The zero-order valence-electron chi connectivity index (χ0n) is 10.5. The maximum Gasteiger partial charge on any atom is 0.332 e. The average molecular weight is 256 g/mol. The van der Waals surface area contributed by atoms with Crippen LogP contribution >= 0.6 is 0 Å². The molecule has 0 aromatic heterocycles. The summed E-state index contributed by atoms with van der Waals surface area (Å²) in [6.07, 6.45) is 1.20. The van der Waals surface area contributed by atoms with Crippen molar-refractivity contribution in [3.63, 3.8) is 0 Å². The van der Waals surface area contributed by atoms with Crippen LogP contribution in [0.4, 0.5) is 0 Å². The van der Waals surface area contributed by atoms with Crippen molar-refractivity contribution >= 4 is 11.9 Å². The number of amides is 1. The molecule has 2 heterocycles. The normalized spacial score (nSPS) is 35.6. The van der Waals surface area contributed by atoms with Gasteiger partial charge in [0.05, 0.1) is 12.0 Å². The Bertz CT molecular complexity index is 334. The number of hydrogen-bond donors (Lipinski definition) is 3. The first-order valence-electron chi connectivity index (χ1n) is 6.47. The van der Waals surface area contributed by atoms with Gasteiger partial charge in [-0.15, -0.1) is 0 Å². The lowest BCUT2D eigenvalue weighted by molar-refractivity contribution is -0.149. The molecule has 18 heavy (non-hydrogen) atoms. The Balaban J connectivity index is 1.72. The van der Waals surface area contributed by atoms with Gasteiger partial charge in [-0.3, -0.25) is 4.79 Å². The van der Waals surface area contributed by atoms with Crippen molar-refractivity contribution in [2.45, 2.75) is 44.4 Å². The first-order chi connectivity index (χ1) is 8.58. The average Bonchev–Trinajstić information content (AvgIpc) is 2.94. The number of nitrogens with one attached hydrogen (secondary N) is 2. The Hall–Kier alpha value is -1.14. The lowest BCUT2D eigenvalue weighted by Gasteiger charge is -2.17. The van der Waals surface area contributed by atoms with Crippen LogP contribution in [0, 0.1) is 5.92 Å². The van der Waals surface area contributed by atoms with Gasteiger partial charge in [0.25, 0.3) is 0 Å². The predicted molar refractivity (Wildman–Crippen MR) is 64.1 cm³/mol. The number of hydrogen-bond acceptors (Lipinski definition) is 4. The molecule has 4 unspecified atom stereocenters. The van der Waals surface area contributed by atoms with Gasteiger partial charge in [0.2, 0.25) is 5.91 Å². The number of rotatable bonds is 4. The largest absolute Gasteiger partial charge is 0.479 e. The molecular weight excluding hydrogens is 236 g/mol. The van der Waals surface area contributed by atoms with Gasteiger partial charge >= 0.3 is 5.97 Å². The molecule has 2 rings (SSSR count). The van der Waals surface area contributed by atoms with Crippen LogP contribution in [0.5, 0.6) is 0 Å². The van der Waals surface area contributed by atoms with Crippen LogP contribution < -0.4 is 10.6 Å². The Morgan fingerprint density at radius 3 is 2.72 bits per heavy atom. The molecule has 2 fully saturated rings. The molecule has 0 spiro atoms. The second-order valence-corrected chi connectivity index (χ2v) is 5.05. The van der Waals surface area contributed by atoms with Gasteiger partial charge in [0, 0.05) is 12.6 Å². The Morgan fingerprint density at radius 1 is 1.39 bits per heavy atom. The van der Waals surface area contributed by atoms with Crippen molar-refractivity contribution in [2.24, 2.45) is 5.92 Å². The Kier molecular flexibility index (Phi) is 4.19. The third kappa shape index (κ3) is 3.00.